The normalized spacial score (nSPS) is 24.1. The third-order valence-electron chi connectivity index (χ3n) is 3.20. The van der Waals surface area contributed by atoms with Gasteiger partial charge in [-0.2, -0.15) is 0 Å². The van der Waals surface area contributed by atoms with E-state index in [4.69, 9.17) is 17.3 Å². The molecule has 0 radical (unpaired) electrons. The fourth-order valence-corrected chi connectivity index (χ4v) is 4.49. The monoisotopic (exact) mass is 355 g/mol. The highest BCUT2D eigenvalue weighted by atomic mass is 79.9. The molecule has 7 heteroatoms. The Hall–Kier alpha value is -0.170. The van der Waals surface area contributed by atoms with Crippen LogP contribution < -0.4 is 5.73 Å². The van der Waals surface area contributed by atoms with Gasteiger partial charge in [0.1, 0.15) is 5.82 Å². The van der Waals surface area contributed by atoms with Gasteiger partial charge in [0.25, 0.3) is 0 Å². The summed E-state index contributed by atoms with van der Waals surface area (Å²) in [6.07, 6.45) is 0.469. The van der Waals surface area contributed by atoms with E-state index in [9.17, 15) is 12.8 Å². The van der Waals surface area contributed by atoms with Gasteiger partial charge in [0.05, 0.1) is 16.5 Å². The van der Waals surface area contributed by atoms with Crippen LogP contribution in [0.4, 0.5) is 4.39 Å². The number of benzene rings is 1. The topological polar surface area (TPSA) is 60.2 Å². The van der Waals surface area contributed by atoms with Crippen molar-refractivity contribution in [2.75, 3.05) is 11.5 Å². The van der Waals surface area contributed by atoms with Gasteiger partial charge in [-0.1, -0.05) is 17.7 Å². The third-order valence-corrected chi connectivity index (χ3v) is 6.25. The predicted octanol–water partition coefficient (Wildman–Crippen LogP) is 2.68. The van der Waals surface area contributed by atoms with Crippen molar-refractivity contribution in [3.63, 3.8) is 0 Å². The van der Waals surface area contributed by atoms with Gasteiger partial charge >= 0.3 is 0 Å². The van der Waals surface area contributed by atoms with Crippen molar-refractivity contribution >= 4 is 37.4 Å². The summed E-state index contributed by atoms with van der Waals surface area (Å²) in [5.41, 5.74) is 6.23. The molecule has 2 unspecified atom stereocenters. The lowest BCUT2D eigenvalue weighted by Crippen LogP contribution is -2.23. The zero-order valence-electron chi connectivity index (χ0n) is 9.37. The number of halogens is 3. The van der Waals surface area contributed by atoms with Crippen LogP contribution in [0.5, 0.6) is 0 Å². The smallest absolute Gasteiger partial charge is 0.150 e. The molecule has 2 rings (SSSR count). The molecule has 18 heavy (non-hydrogen) atoms. The summed E-state index contributed by atoms with van der Waals surface area (Å²) < 4.78 is 37.2. The van der Waals surface area contributed by atoms with Gasteiger partial charge in [-0.05, 0) is 34.3 Å². The molecule has 1 aliphatic rings. The fourth-order valence-electron chi connectivity index (χ4n) is 2.16. The molecule has 3 nitrogen and oxygen atoms in total. The van der Waals surface area contributed by atoms with E-state index in [1.807, 2.05) is 0 Å². The van der Waals surface area contributed by atoms with E-state index in [2.05, 4.69) is 15.9 Å². The molecule has 1 saturated heterocycles. The lowest BCUT2D eigenvalue weighted by molar-refractivity contribution is 0.458. The van der Waals surface area contributed by atoms with Crippen LogP contribution in [-0.2, 0) is 9.84 Å². The number of sulfone groups is 1. The van der Waals surface area contributed by atoms with Crippen LogP contribution in [0.3, 0.4) is 0 Å². The standard InChI is InChI=1S/C11H12BrClFNO2S/c12-8-2-1-7(10(14)9(8)13)11(15)6-3-4-18(16,17)5-6/h1-2,6,11H,3-5,15H2. The Balaban J connectivity index is 2.30. The maximum Gasteiger partial charge on any atom is 0.150 e. The van der Waals surface area contributed by atoms with E-state index in [1.165, 1.54) is 0 Å². The van der Waals surface area contributed by atoms with E-state index in [-0.39, 0.29) is 28.0 Å². The third kappa shape index (κ3) is 2.71. The Kier molecular flexibility index (Phi) is 4.02. The predicted molar refractivity (Wildman–Crippen MR) is 72.8 cm³/mol. The van der Waals surface area contributed by atoms with Crippen molar-refractivity contribution in [1.82, 2.24) is 0 Å². The second-order valence-electron chi connectivity index (χ2n) is 4.45. The molecular formula is C11H12BrClFNO2S. The molecule has 2 atom stereocenters. The van der Waals surface area contributed by atoms with Crippen LogP contribution in [-0.4, -0.2) is 19.9 Å². The molecule has 1 aliphatic heterocycles. The highest BCUT2D eigenvalue weighted by molar-refractivity contribution is 9.10. The number of nitrogens with two attached hydrogens (primary N) is 1. The minimum atomic E-state index is -3.02. The van der Waals surface area contributed by atoms with E-state index < -0.39 is 21.7 Å². The molecule has 0 saturated carbocycles. The maximum absolute atomic E-state index is 14.0. The Morgan fingerprint density at radius 2 is 2.17 bits per heavy atom. The Morgan fingerprint density at radius 3 is 2.72 bits per heavy atom. The number of hydrogen-bond acceptors (Lipinski definition) is 3. The molecular weight excluding hydrogens is 345 g/mol. The molecule has 0 amide bonds. The number of hydrogen-bond donors (Lipinski definition) is 1. The first-order valence-corrected chi connectivity index (χ1v) is 8.40. The highest BCUT2D eigenvalue weighted by Gasteiger charge is 2.34. The lowest BCUT2D eigenvalue weighted by atomic mass is 9.93. The largest absolute Gasteiger partial charge is 0.324 e. The van der Waals surface area contributed by atoms with Crippen LogP contribution in [0.15, 0.2) is 16.6 Å². The summed E-state index contributed by atoms with van der Waals surface area (Å²) in [7, 11) is -3.02. The Bertz CT molecular complexity index is 579. The van der Waals surface area contributed by atoms with Crippen molar-refractivity contribution in [3.8, 4) is 0 Å². The van der Waals surface area contributed by atoms with Crippen molar-refractivity contribution in [1.29, 1.82) is 0 Å². The lowest BCUT2D eigenvalue weighted by Gasteiger charge is -2.19. The van der Waals surface area contributed by atoms with Gasteiger partial charge in [0.2, 0.25) is 0 Å². The first kappa shape index (κ1) is 14.2. The van der Waals surface area contributed by atoms with Crippen LogP contribution in [0.25, 0.3) is 0 Å². The zero-order valence-corrected chi connectivity index (χ0v) is 12.5. The summed E-state index contributed by atoms with van der Waals surface area (Å²) >= 11 is 8.92. The SMILES string of the molecule is NC(c1ccc(Br)c(Cl)c1F)C1CCS(=O)(=O)C1. The molecule has 0 aromatic heterocycles. The average molecular weight is 357 g/mol. The Morgan fingerprint density at radius 1 is 1.50 bits per heavy atom. The summed E-state index contributed by atoms with van der Waals surface area (Å²) in [5.74, 6) is -0.692. The van der Waals surface area contributed by atoms with Gasteiger partial charge in [0.15, 0.2) is 9.84 Å². The maximum atomic E-state index is 14.0. The average Bonchev–Trinajstić information content (AvgIpc) is 2.66. The van der Waals surface area contributed by atoms with Crippen molar-refractivity contribution in [2.45, 2.75) is 12.5 Å². The summed E-state index contributed by atoms with van der Waals surface area (Å²) in [5, 5.41) is -0.0243. The minimum absolute atomic E-state index is 0.0152. The van der Waals surface area contributed by atoms with Crippen LogP contribution in [0, 0.1) is 11.7 Å². The van der Waals surface area contributed by atoms with Crippen LogP contribution in [0.1, 0.15) is 18.0 Å². The summed E-state index contributed by atoms with van der Waals surface area (Å²) in [6, 6.07) is 2.51. The molecule has 1 fully saturated rings. The minimum Gasteiger partial charge on any atom is -0.324 e. The van der Waals surface area contributed by atoms with E-state index in [0.29, 0.717) is 10.9 Å². The van der Waals surface area contributed by atoms with Gasteiger partial charge < -0.3 is 5.73 Å². The molecule has 0 bridgehead atoms. The first-order chi connectivity index (χ1) is 8.32. The molecule has 1 aromatic carbocycles. The quantitative estimate of drug-likeness (QED) is 0.829. The van der Waals surface area contributed by atoms with Gasteiger partial charge in [-0.15, -0.1) is 0 Å². The van der Waals surface area contributed by atoms with Gasteiger partial charge in [-0.25, -0.2) is 12.8 Å². The van der Waals surface area contributed by atoms with Gasteiger partial charge in [0, 0.05) is 16.1 Å². The molecule has 0 spiro atoms. The summed E-state index contributed by atoms with van der Waals surface area (Å²) in [6.45, 7) is 0. The highest BCUT2D eigenvalue weighted by Crippen LogP contribution is 2.35. The second-order valence-corrected chi connectivity index (χ2v) is 7.91. The molecule has 1 heterocycles. The van der Waals surface area contributed by atoms with E-state index in [0.717, 1.165) is 0 Å². The van der Waals surface area contributed by atoms with E-state index in [1.54, 1.807) is 12.1 Å². The molecule has 1 aromatic rings. The van der Waals surface area contributed by atoms with Crippen LogP contribution in [0.2, 0.25) is 5.02 Å². The second kappa shape index (κ2) is 5.07. The number of rotatable bonds is 2. The van der Waals surface area contributed by atoms with Crippen molar-refractivity contribution in [2.24, 2.45) is 11.7 Å². The van der Waals surface area contributed by atoms with Crippen molar-refractivity contribution in [3.05, 3.63) is 33.0 Å². The fraction of sp³-hybridized carbons (Fsp3) is 0.455. The zero-order chi connectivity index (χ0) is 13.5. The summed E-state index contributed by atoms with van der Waals surface area (Å²) in [4.78, 5) is 0. The van der Waals surface area contributed by atoms with Gasteiger partial charge in [-0.3, -0.25) is 0 Å². The van der Waals surface area contributed by atoms with Crippen LogP contribution >= 0.6 is 27.5 Å². The molecule has 100 valence electrons. The molecule has 0 aliphatic carbocycles. The molecule has 2 N–H and O–H groups in total. The first-order valence-electron chi connectivity index (χ1n) is 5.41. The Labute approximate surface area is 119 Å². The van der Waals surface area contributed by atoms with Crippen molar-refractivity contribution < 1.29 is 12.8 Å². The van der Waals surface area contributed by atoms with E-state index >= 15 is 0 Å².